The molecule has 2 amide bonds. The van der Waals surface area contributed by atoms with Gasteiger partial charge in [-0.1, -0.05) is 18.2 Å². The van der Waals surface area contributed by atoms with Crippen molar-refractivity contribution in [3.63, 3.8) is 0 Å². The zero-order valence-corrected chi connectivity index (χ0v) is 12.7. The average molecular weight is 310 g/mol. The van der Waals surface area contributed by atoms with Gasteiger partial charge in [0.15, 0.2) is 0 Å². The predicted octanol–water partition coefficient (Wildman–Crippen LogP) is 2.93. The smallest absolute Gasteiger partial charge is 0.258 e. The molecule has 1 N–H and O–H groups in total. The van der Waals surface area contributed by atoms with E-state index in [-0.39, 0.29) is 11.8 Å². The topological polar surface area (TPSA) is 49.4 Å². The summed E-state index contributed by atoms with van der Waals surface area (Å²) in [4.78, 5) is 27.1. The molecule has 0 fully saturated rings. The first-order valence-corrected chi connectivity index (χ1v) is 8.17. The SMILES string of the molecule is O=C1CSc2ccc(C(=O)N3CCc4ccccc43)cc2N1. The molecule has 22 heavy (non-hydrogen) atoms. The Balaban J connectivity index is 1.67. The quantitative estimate of drug-likeness (QED) is 0.881. The zero-order chi connectivity index (χ0) is 15.1. The summed E-state index contributed by atoms with van der Waals surface area (Å²) < 4.78 is 0. The maximum Gasteiger partial charge on any atom is 0.258 e. The highest BCUT2D eigenvalue weighted by Crippen LogP contribution is 2.34. The normalized spacial score (nSPS) is 16.0. The summed E-state index contributed by atoms with van der Waals surface area (Å²) in [5.74, 6) is 0.394. The van der Waals surface area contributed by atoms with Crippen molar-refractivity contribution >= 4 is 35.0 Å². The minimum absolute atomic E-state index is 0.0161. The van der Waals surface area contributed by atoms with Crippen molar-refractivity contribution < 1.29 is 9.59 Å². The van der Waals surface area contributed by atoms with Gasteiger partial charge in [-0.15, -0.1) is 11.8 Å². The number of anilines is 2. The van der Waals surface area contributed by atoms with Gasteiger partial charge in [-0.05, 0) is 36.2 Å². The van der Waals surface area contributed by atoms with Crippen molar-refractivity contribution in [2.45, 2.75) is 11.3 Å². The summed E-state index contributed by atoms with van der Waals surface area (Å²) in [6.45, 7) is 0.705. The van der Waals surface area contributed by atoms with Crippen LogP contribution in [0.5, 0.6) is 0 Å². The van der Waals surface area contributed by atoms with E-state index < -0.39 is 0 Å². The van der Waals surface area contributed by atoms with Crippen molar-refractivity contribution in [3.8, 4) is 0 Å². The van der Waals surface area contributed by atoms with Gasteiger partial charge in [0.05, 0.1) is 11.4 Å². The standard InChI is InChI=1S/C17H14N2O2S/c20-16-10-22-15-6-5-12(9-13(15)18-16)17(21)19-8-7-11-3-1-2-4-14(11)19/h1-6,9H,7-8,10H2,(H,18,20). The first-order chi connectivity index (χ1) is 10.7. The van der Waals surface area contributed by atoms with Gasteiger partial charge in [-0.25, -0.2) is 0 Å². The van der Waals surface area contributed by atoms with E-state index >= 15 is 0 Å². The molecule has 2 heterocycles. The van der Waals surface area contributed by atoms with E-state index in [4.69, 9.17) is 0 Å². The largest absolute Gasteiger partial charge is 0.324 e. The number of amides is 2. The van der Waals surface area contributed by atoms with Crippen LogP contribution in [-0.2, 0) is 11.2 Å². The lowest BCUT2D eigenvalue weighted by atomic mass is 10.1. The van der Waals surface area contributed by atoms with Gasteiger partial charge in [0.2, 0.25) is 5.91 Å². The number of nitrogens with one attached hydrogen (secondary N) is 1. The second kappa shape index (κ2) is 5.18. The van der Waals surface area contributed by atoms with E-state index in [1.807, 2.05) is 35.2 Å². The maximum atomic E-state index is 12.8. The van der Waals surface area contributed by atoms with E-state index in [1.54, 1.807) is 6.07 Å². The molecule has 0 saturated heterocycles. The Morgan fingerprint density at radius 2 is 2.05 bits per heavy atom. The number of hydrogen-bond acceptors (Lipinski definition) is 3. The minimum atomic E-state index is -0.0198. The van der Waals surface area contributed by atoms with Crippen LogP contribution in [0.4, 0.5) is 11.4 Å². The molecule has 2 aromatic rings. The number of carbonyl (C=O) groups excluding carboxylic acids is 2. The van der Waals surface area contributed by atoms with E-state index in [1.165, 1.54) is 17.3 Å². The van der Waals surface area contributed by atoms with Gasteiger partial charge in [0.25, 0.3) is 5.91 Å². The molecule has 0 aliphatic carbocycles. The summed E-state index contributed by atoms with van der Waals surface area (Å²) in [5, 5.41) is 2.83. The minimum Gasteiger partial charge on any atom is -0.324 e. The molecule has 0 aromatic heterocycles. The Morgan fingerprint density at radius 3 is 2.95 bits per heavy atom. The Kier molecular flexibility index (Phi) is 3.15. The van der Waals surface area contributed by atoms with Gasteiger partial charge in [0, 0.05) is 22.7 Å². The molecule has 0 radical (unpaired) electrons. The zero-order valence-electron chi connectivity index (χ0n) is 11.8. The molecule has 2 aliphatic heterocycles. The summed E-state index contributed by atoms with van der Waals surface area (Å²) in [6.07, 6.45) is 0.888. The van der Waals surface area contributed by atoms with Gasteiger partial charge < -0.3 is 10.2 Å². The molecule has 0 spiro atoms. The number of para-hydroxylation sites is 1. The Labute approximate surface area is 132 Å². The number of fused-ring (bicyclic) bond motifs is 2. The predicted molar refractivity (Wildman–Crippen MR) is 87.6 cm³/mol. The molecular formula is C17H14N2O2S. The van der Waals surface area contributed by atoms with Gasteiger partial charge in [-0.3, -0.25) is 9.59 Å². The van der Waals surface area contributed by atoms with Crippen molar-refractivity contribution in [3.05, 3.63) is 53.6 Å². The second-order valence-electron chi connectivity index (χ2n) is 5.38. The van der Waals surface area contributed by atoms with E-state index in [0.717, 1.165) is 22.7 Å². The highest BCUT2D eigenvalue weighted by atomic mass is 32.2. The lowest BCUT2D eigenvalue weighted by Crippen LogP contribution is -2.29. The highest BCUT2D eigenvalue weighted by Gasteiger charge is 2.26. The van der Waals surface area contributed by atoms with Crippen LogP contribution in [0.2, 0.25) is 0 Å². The maximum absolute atomic E-state index is 12.8. The lowest BCUT2D eigenvalue weighted by Gasteiger charge is -2.20. The van der Waals surface area contributed by atoms with Crippen LogP contribution < -0.4 is 10.2 Å². The van der Waals surface area contributed by atoms with Gasteiger partial charge in [-0.2, -0.15) is 0 Å². The number of rotatable bonds is 1. The monoisotopic (exact) mass is 310 g/mol. The first-order valence-electron chi connectivity index (χ1n) is 7.19. The number of thioether (sulfide) groups is 1. The second-order valence-corrected chi connectivity index (χ2v) is 6.40. The van der Waals surface area contributed by atoms with Crippen molar-refractivity contribution in [1.82, 2.24) is 0 Å². The Bertz CT molecular complexity index is 788. The van der Waals surface area contributed by atoms with Gasteiger partial charge in [0.1, 0.15) is 0 Å². The average Bonchev–Trinajstić information content (AvgIpc) is 2.97. The summed E-state index contributed by atoms with van der Waals surface area (Å²) in [5.41, 5.74) is 3.54. The molecule has 4 nitrogen and oxygen atoms in total. The molecular weight excluding hydrogens is 296 g/mol. The third-order valence-electron chi connectivity index (χ3n) is 3.99. The summed E-state index contributed by atoms with van der Waals surface area (Å²) in [6, 6.07) is 13.5. The number of hydrogen-bond donors (Lipinski definition) is 1. The van der Waals surface area contributed by atoms with Crippen LogP contribution >= 0.6 is 11.8 Å². The molecule has 5 heteroatoms. The van der Waals surface area contributed by atoms with Gasteiger partial charge >= 0.3 is 0 Å². The first kappa shape index (κ1) is 13.4. The molecule has 0 bridgehead atoms. The fourth-order valence-electron chi connectivity index (χ4n) is 2.92. The fraction of sp³-hybridized carbons (Fsp3) is 0.176. The molecule has 0 saturated carbocycles. The number of carbonyl (C=O) groups is 2. The van der Waals surface area contributed by atoms with E-state index in [2.05, 4.69) is 11.4 Å². The van der Waals surface area contributed by atoms with Crippen LogP contribution in [0.25, 0.3) is 0 Å². The molecule has 110 valence electrons. The highest BCUT2D eigenvalue weighted by molar-refractivity contribution is 8.00. The van der Waals surface area contributed by atoms with Crippen LogP contribution in [0.3, 0.4) is 0 Å². The van der Waals surface area contributed by atoms with Crippen LogP contribution in [0, 0.1) is 0 Å². The third-order valence-corrected chi connectivity index (χ3v) is 5.07. The lowest BCUT2D eigenvalue weighted by molar-refractivity contribution is -0.113. The van der Waals surface area contributed by atoms with Crippen molar-refractivity contribution in [2.24, 2.45) is 0 Å². The summed E-state index contributed by atoms with van der Waals surface area (Å²) in [7, 11) is 0. The van der Waals surface area contributed by atoms with Crippen LogP contribution in [-0.4, -0.2) is 24.1 Å². The van der Waals surface area contributed by atoms with Crippen LogP contribution in [0.1, 0.15) is 15.9 Å². The molecule has 2 aromatic carbocycles. The third kappa shape index (κ3) is 2.18. The van der Waals surface area contributed by atoms with E-state index in [0.29, 0.717) is 17.9 Å². The molecule has 2 aliphatic rings. The van der Waals surface area contributed by atoms with Crippen molar-refractivity contribution in [2.75, 3.05) is 22.5 Å². The van der Waals surface area contributed by atoms with Crippen LogP contribution in [0.15, 0.2) is 47.4 Å². The summed E-state index contributed by atoms with van der Waals surface area (Å²) >= 11 is 1.50. The number of benzene rings is 2. The Hall–Kier alpha value is -2.27. The molecule has 0 unspecified atom stereocenters. The Morgan fingerprint density at radius 1 is 1.18 bits per heavy atom. The fourth-order valence-corrected chi connectivity index (χ4v) is 3.71. The van der Waals surface area contributed by atoms with Crippen molar-refractivity contribution in [1.29, 1.82) is 0 Å². The number of nitrogens with zero attached hydrogens (tertiary/aromatic N) is 1. The van der Waals surface area contributed by atoms with E-state index in [9.17, 15) is 9.59 Å². The molecule has 4 rings (SSSR count). The molecule has 0 atom stereocenters.